The Morgan fingerprint density at radius 3 is 2.23 bits per heavy atom. The molecule has 1 saturated carbocycles. The summed E-state index contributed by atoms with van der Waals surface area (Å²) >= 11 is 0. The molecule has 2 heteroatoms. The maximum absolute atomic E-state index is 11.6. The average molecular weight is 184 g/mol. The van der Waals surface area contributed by atoms with E-state index in [2.05, 4.69) is 13.8 Å². The fourth-order valence-electron chi connectivity index (χ4n) is 1.50. The largest absolute Gasteiger partial charge is 0.358 e. The van der Waals surface area contributed by atoms with Gasteiger partial charge in [0.25, 0.3) is 0 Å². The van der Waals surface area contributed by atoms with Gasteiger partial charge < -0.3 is 13.2 Å². The van der Waals surface area contributed by atoms with E-state index in [0.717, 1.165) is 19.3 Å². The van der Waals surface area contributed by atoms with Crippen LogP contribution in [0.5, 0.6) is 0 Å². The molecule has 78 valence electrons. The van der Waals surface area contributed by atoms with E-state index in [-0.39, 0.29) is 24.7 Å². The highest BCUT2D eigenvalue weighted by atomic mass is 16.1. The van der Waals surface area contributed by atoms with Gasteiger partial charge in [-0.1, -0.05) is 20.8 Å². The molecule has 0 unspecified atom stereocenters. The Labute approximate surface area is 81.9 Å². The third-order valence-electron chi connectivity index (χ3n) is 2.66. The molecule has 2 nitrogen and oxygen atoms in total. The SMILES string of the molecule is CC(C)C[C@H](N)C(=O)C1(C)CC1.[CH3-]. The topological polar surface area (TPSA) is 43.1 Å². The van der Waals surface area contributed by atoms with E-state index >= 15 is 0 Å². The smallest absolute Gasteiger partial charge is 0.155 e. The second kappa shape index (κ2) is 4.23. The van der Waals surface area contributed by atoms with Gasteiger partial charge in [0.1, 0.15) is 0 Å². The van der Waals surface area contributed by atoms with Crippen molar-refractivity contribution < 1.29 is 4.79 Å². The minimum atomic E-state index is -0.225. The van der Waals surface area contributed by atoms with Gasteiger partial charge in [0.15, 0.2) is 5.78 Å². The Kier molecular flexibility index (Phi) is 4.11. The van der Waals surface area contributed by atoms with Crippen LogP contribution in [0.25, 0.3) is 0 Å². The highest BCUT2D eigenvalue weighted by molar-refractivity contribution is 5.91. The van der Waals surface area contributed by atoms with Crippen molar-refractivity contribution in [3.63, 3.8) is 0 Å². The zero-order chi connectivity index (χ0) is 9.35. The van der Waals surface area contributed by atoms with Crippen molar-refractivity contribution in [1.82, 2.24) is 0 Å². The van der Waals surface area contributed by atoms with Gasteiger partial charge in [-0.3, -0.25) is 4.79 Å². The van der Waals surface area contributed by atoms with Crippen LogP contribution in [-0.2, 0) is 4.79 Å². The molecule has 1 atom stereocenters. The zero-order valence-electron chi connectivity index (χ0n) is 9.26. The number of nitrogens with two attached hydrogens (primary N) is 1. The van der Waals surface area contributed by atoms with Gasteiger partial charge >= 0.3 is 0 Å². The lowest BCUT2D eigenvalue weighted by molar-refractivity contribution is -0.125. The Morgan fingerprint density at radius 2 is 1.92 bits per heavy atom. The van der Waals surface area contributed by atoms with Crippen molar-refractivity contribution in [2.45, 2.75) is 46.1 Å². The summed E-state index contributed by atoms with van der Waals surface area (Å²) in [6, 6.07) is -0.225. The summed E-state index contributed by atoms with van der Waals surface area (Å²) < 4.78 is 0. The Balaban J connectivity index is 0.00000144. The molecule has 0 bridgehead atoms. The summed E-state index contributed by atoms with van der Waals surface area (Å²) in [5.41, 5.74) is 5.75. The third kappa shape index (κ3) is 3.11. The molecule has 0 aromatic carbocycles. The summed E-state index contributed by atoms with van der Waals surface area (Å²) in [5.74, 6) is 0.794. The molecule has 1 fully saturated rings. The highest BCUT2D eigenvalue weighted by Gasteiger charge is 2.46. The molecule has 1 aliphatic rings. The molecule has 0 heterocycles. The van der Waals surface area contributed by atoms with Gasteiger partial charge in [0.05, 0.1) is 6.04 Å². The molecule has 13 heavy (non-hydrogen) atoms. The first-order valence-corrected chi connectivity index (χ1v) is 4.75. The molecule has 0 aromatic heterocycles. The van der Waals surface area contributed by atoms with E-state index in [9.17, 15) is 4.79 Å². The third-order valence-corrected chi connectivity index (χ3v) is 2.66. The molecular weight excluding hydrogens is 162 g/mol. The second-order valence-corrected chi connectivity index (χ2v) is 4.66. The standard InChI is InChI=1S/C10H19NO.CH3/c1-7(2)6-8(11)9(12)10(3)4-5-10;/h7-8H,4-6,11H2,1-3H3;1H3/q;-1/t8-;/m0./s1. The van der Waals surface area contributed by atoms with E-state index < -0.39 is 0 Å². The maximum Gasteiger partial charge on any atom is 0.155 e. The number of carbonyl (C=O) groups excluding carboxylic acids is 1. The number of rotatable bonds is 4. The Morgan fingerprint density at radius 1 is 1.46 bits per heavy atom. The van der Waals surface area contributed by atoms with Gasteiger partial charge in [0, 0.05) is 5.41 Å². The zero-order valence-corrected chi connectivity index (χ0v) is 9.26. The number of ketones is 1. The number of Topliss-reactive ketones (excluding diaryl/α,β-unsaturated/α-hetero) is 1. The fraction of sp³-hybridized carbons (Fsp3) is 0.818. The van der Waals surface area contributed by atoms with E-state index in [0.29, 0.717) is 5.92 Å². The van der Waals surface area contributed by atoms with Crippen LogP contribution in [0.2, 0.25) is 0 Å². The van der Waals surface area contributed by atoms with Crippen molar-refractivity contribution >= 4 is 5.78 Å². The van der Waals surface area contributed by atoms with Crippen LogP contribution < -0.4 is 5.73 Å². The maximum atomic E-state index is 11.6. The first-order chi connectivity index (χ1) is 5.46. The molecule has 0 aliphatic heterocycles. The lowest BCUT2D eigenvalue weighted by atomic mass is 9.92. The van der Waals surface area contributed by atoms with Gasteiger partial charge in [0.2, 0.25) is 0 Å². The van der Waals surface area contributed by atoms with Crippen molar-refractivity contribution in [1.29, 1.82) is 0 Å². The predicted octanol–water partition coefficient (Wildman–Crippen LogP) is 2.18. The number of carbonyl (C=O) groups is 1. The predicted molar refractivity (Wildman–Crippen MR) is 56.2 cm³/mol. The summed E-state index contributed by atoms with van der Waals surface area (Å²) in [7, 11) is 0. The number of hydrogen-bond donors (Lipinski definition) is 1. The van der Waals surface area contributed by atoms with Gasteiger partial charge in [-0.15, -0.1) is 0 Å². The van der Waals surface area contributed by atoms with Crippen LogP contribution in [0.3, 0.4) is 0 Å². The van der Waals surface area contributed by atoms with Crippen molar-refractivity contribution in [2.24, 2.45) is 17.1 Å². The van der Waals surface area contributed by atoms with E-state index in [1.165, 1.54) is 0 Å². The first kappa shape index (κ1) is 12.6. The fourth-order valence-corrected chi connectivity index (χ4v) is 1.50. The number of hydrogen-bond acceptors (Lipinski definition) is 2. The molecule has 0 saturated heterocycles. The van der Waals surface area contributed by atoms with Crippen LogP contribution in [0, 0.1) is 18.8 Å². The quantitative estimate of drug-likeness (QED) is 0.680. The van der Waals surface area contributed by atoms with Crippen molar-refractivity contribution in [2.75, 3.05) is 0 Å². The lowest BCUT2D eigenvalue weighted by Gasteiger charge is -2.16. The summed E-state index contributed by atoms with van der Waals surface area (Å²) in [5, 5.41) is 0. The monoisotopic (exact) mass is 184 g/mol. The van der Waals surface area contributed by atoms with E-state index in [4.69, 9.17) is 5.73 Å². The van der Waals surface area contributed by atoms with Crippen LogP contribution in [0.1, 0.15) is 40.0 Å². The second-order valence-electron chi connectivity index (χ2n) is 4.66. The molecular formula is C11H22NO-. The van der Waals surface area contributed by atoms with Crippen molar-refractivity contribution in [3.05, 3.63) is 7.43 Å². The minimum Gasteiger partial charge on any atom is -0.358 e. The Hall–Kier alpha value is -0.370. The van der Waals surface area contributed by atoms with Gasteiger partial charge in [-0.2, -0.15) is 0 Å². The minimum absolute atomic E-state index is 0. The van der Waals surface area contributed by atoms with Crippen LogP contribution >= 0.6 is 0 Å². The molecule has 0 amide bonds. The molecule has 1 rings (SSSR count). The summed E-state index contributed by atoms with van der Waals surface area (Å²) in [4.78, 5) is 11.6. The molecule has 0 radical (unpaired) electrons. The first-order valence-electron chi connectivity index (χ1n) is 4.75. The lowest BCUT2D eigenvalue weighted by Crippen LogP contribution is -2.36. The van der Waals surface area contributed by atoms with Crippen LogP contribution in [-0.4, -0.2) is 11.8 Å². The summed E-state index contributed by atoms with van der Waals surface area (Å²) in [6.45, 7) is 6.22. The highest BCUT2D eigenvalue weighted by Crippen LogP contribution is 2.46. The van der Waals surface area contributed by atoms with Crippen LogP contribution in [0.15, 0.2) is 0 Å². The van der Waals surface area contributed by atoms with Gasteiger partial charge in [-0.05, 0) is 25.2 Å². The van der Waals surface area contributed by atoms with E-state index in [1.54, 1.807) is 0 Å². The molecule has 1 aliphatic carbocycles. The van der Waals surface area contributed by atoms with Crippen LogP contribution in [0.4, 0.5) is 0 Å². The molecule has 0 spiro atoms. The molecule has 2 N–H and O–H groups in total. The summed E-state index contributed by atoms with van der Waals surface area (Å²) in [6.07, 6.45) is 2.91. The normalized spacial score (nSPS) is 20.7. The van der Waals surface area contributed by atoms with Crippen molar-refractivity contribution in [3.8, 4) is 0 Å². The van der Waals surface area contributed by atoms with E-state index in [1.807, 2.05) is 6.92 Å². The molecule has 0 aromatic rings. The average Bonchev–Trinajstić information content (AvgIpc) is 2.66. The van der Waals surface area contributed by atoms with Gasteiger partial charge in [-0.25, -0.2) is 0 Å². The Bertz CT molecular complexity index is 183.